The number of benzene rings is 3. The molecule has 244 valence electrons. The van der Waals surface area contributed by atoms with Gasteiger partial charge in [-0.15, -0.1) is 6.42 Å². The number of ether oxygens (including phenoxy) is 1. The maximum Gasteiger partial charge on any atom is 0.319 e. The summed E-state index contributed by atoms with van der Waals surface area (Å²) in [5, 5.41) is 15.6. The molecule has 48 heavy (non-hydrogen) atoms. The van der Waals surface area contributed by atoms with Crippen LogP contribution in [-0.4, -0.2) is 74.4 Å². The number of hydrogen-bond acceptors (Lipinski definition) is 8. The largest absolute Gasteiger partial charge is 0.508 e. The Kier molecular flexibility index (Phi) is 6.81. The van der Waals surface area contributed by atoms with Crippen molar-refractivity contribution in [1.29, 1.82) is 0 Å². The number of rotatable bonds is 7. The number of nitrogens with one attached hydrogen (secondary N) is 1. The van der Waals surface area contributed by atoms with E-state index in [2.05, 4.69) is 35.6 Å². The molecule has 9 nitrogen and oxygen atoms in total. The zero-order chi connectivity index (χ0) is 32.6. The van der Waals surface area contributed by atoms with Crippen LogP contribution >= 0.6 is 0 Å². The minimum Gasteiger partial charge on any atom is -0.508 e. The molecule has 3 aliphatic heterocycles. The fraction of sp³-hybridized carbons (Fsp3) is 0.378. The van der Waals surface area contributed by atoms with Crippen molar-refractivity contribution in [3.05, 3.63) is 71.8 Å². The Morgan fingerprint density at radius 1 is 1.08 bits per heavy atom. The lowest BCUT2D eigenvalue weighted by molar-refractivity contribution is 0.132. The zero-order valence-corrected chi connectivity index (χ0v) is 26.4. The van der Waals surface area contributed by atoms with Crippen molar-refractivity contribution in [2.45, 2.75) is 50.9 Å². The molecule has 4 aliphatic rings. The first-order valence-electron chi connectivity index (χ1n) is 16.6. The van der Waals surface area contributed by atoms with Crippen molar-refractivity contribution < 1.29 is 18.6 Å². The van der Waals surface area contributed by atoms with Crippen LogP contribution in [0.25, 0.3) is 32.8 Å². The van der Waals surface area contributed by atoms with Crippen molar-refractivity contribution in [1.82, 2.24) is 29.7 Å². The number of halogens is 2. The molecule has 2 bridgehead atoms. The van der Waals surface area contributed by atoms with Gasteiger partial charge in [0.25, 0.3) is 0 Å². The lowest BCUT2D eigenvalue weighted by Crippen LogP contribution is -2.51. The third kappa shape index (κ3) is 5.02. The number of phenols is 1. The van der Waals surface area contributed by atoms with Gasteiger partial charge in [0.05, 0.1) is 18.7 Å². The Morgan fingerprint density at radius 2 is 1.92 bits per heavy atom. The Morgan fingerprint density at radius 3 is 2.71 bits per heavy atom. The van der Waals surface area contributed by atoms with E-state index < -0.39 is 11.6 Å². The number of nitrogens with zero attached hydrogens (tertiary/aromatic N) is 6. The Balaban J connectivity index is 1.12. The van der Waals surface area contributed by atoms with Crippen molar-refractivity contribution in [3.63, 3.8) is 0 Å². The number of imidazole rings is 1. The summed E-state index contributed by atoms with van der Waals surface area (Å²) < 4.78 is 41.8. The van der Waals surface area contributed by atoms with Crippen molar-refractivity contribution in [3.8, 4) is 35.2 Å². The summed E-state index contributed by atoms with van der Waals surface area (Å²) in [5.41, 5.74) is 0.263. The van der Waals surface area contributed by atoms with E-state index in [1.807, 2.05) is 12.4 Å². The predicted molar refractivity (Wildman–Crippen MR) is 179 cm³/mol. The second kappa shape index (κ2) is 11.1. The van der Waals surface area contributed by atoms with Crippen molar-refractivity contribution >= 4 is 27.5 Å². The number of fused-ring (bicyclic) bond motifs is 5. The van der Waals surface area contributed by atoms with Gasteiger partial charge in [0.15, 0.2) is 5.82 Å². The molecule has 2 saturated heterocycles. The fourth-order valence-corrected chi connectivity index (χ4v) is 7.99. The molecule has 2 aromatic heterocycles. The number of aromatic hydroxyl groups is 1. The molecule has 2 atom stereocenters. The van der Waals surface area contributed by atoms with Crippen molar-refractivity contribution in [2.75, 3.05) is 37.7 Å². The highest BCUT2D eigenvalue weighted by Crippen LogP contribution is 2.47. The summed E-state index contributed by atoms with van der Waals surface area (Å²) in [6, 6.07) is 10.1. The smallest absolute Gasteiger partial charge is 0.319 e. The Labute approximate surface area is 276 Å². The van der Waals surface area contributed by atoms with Gasteiger partial charge in [-0.1, -0.05) is 18.1 Å². The highest BCUT2D eigenvalue weighted by molar-refractivity contribution is 6.04. The maximum atomic E-state index is 16.9. The molecule has 1 saturated carbocycles. The summed E-state index contributed by atoms with van der Waals surface area (Å²) in [6.07, 6.45) is 13.8. The van der Waals surface area contributed by atoms with Crippen LogP contribution in [0.5, 0.6) is 11.8 Å². The van der Waals surface area contributed by atoms with Crippen LogP contribution in [-0.2, 0) is 13.1 Å². The predicted octanol–water partition coefficient (Wildman–Crippen LogP) is 5.23. The minimum absolute atomic E-state index is 0.0281. The van der Waals surface area contributed by atoms with Gasteiger partial charge < -0.3 is 24.6 Å². The van der Waals surface area contributed by atoms with E-state index in [1.165, 1.54) is 18.2 Å². The lowest BCUT2D eigenvalue weighted by atomic mass is 9.93. The average molecular weight is 648 g/mol. The van der Waals surface area contributed by atoms with E-state index in [1.54, 1.807) is 18.2 Å². The average Bonchev–Trinajstić information content (AvgIpc) is 3.53. The monoisotopic (exact) mass is 647 g/mol. The number of anilines is 1. The van der Waals surface area contributed by atoms with E-state index in [4.69, 9.17) is 16.1 Å². The van der Waals surface area contributed by atoms with Gasteiger partial charge in [-0.05, 0) is 55.3 Å². The SMILES string of the molecule is C#Cc1cccc2cc(O)cc(-c3c(F)cc4c(N5CC6CCC(C5)N6)nc(OCC5(CN6CCn7ccnc7C6)CC5)nc4c3F)c12. The number of aromatic nitrogens is 4. The van der Waals surface area contributed by atoms with Gasteiger partial charge in [-0.2, -0.15) is 9.97 Å². The summed E-state index contributed by atoms with van der Waals surface area (Å²) in [7, 11) is 0. The first-order chi connectivity index (χ1) is 23.4. The van der Waals surface area contributed by atoms with Crippen LogP contribution in [0.4, 0.5) is 14.6 Å². The molecule has 2 N–H and O–H groups in total. The van der Waals surface area contributed by atoms with Crippen LogP contribution in [0.3, 0.4) is 0 Å². The highest BCUT2D eigenvalue weighted by atomic mass is 19.1. The molecule has 0 amide bonds. The molecule has 9 rings (SSSR count). The van der Waals surface area contributed by atoms with Crippen LogP contribution in [0, 0.1) is 29.4 Å². The number of hydrogen-bond donors (Lipinski definition) is 2. The molecule has 3 fully saturated rings. The van der Waals surface area contributed by atoms with Gasteiger partial charge >= 0.3 is 6.01 Å². The highest BCUT2D eigenvalue weighted by Gasteiger charge is 2.45. The summed E-state index contributed by atoms with van der Waals surface area (Å²) >= 11 is 0. The quantitative estimate of drug-likeness (QED) is 0.232. The lowest BCUT2D eigenvalue weighted by Gasteiger charge is -2.34. The van der Waals surface area contributed by atoms with Gasteiger partial charge in [0, 0.05) is 84.5 Å². The van der Waals surface area contributed by atoms with Gasteiger partial charge in [0.2, 0.25) is 0 Å². The normalized spacial score (nSPS) is 21.4. The first-order valence-corrected chi connectivity index (χ1v) is 16.6. The molecular formula is C37H35F2N7O2. The number of piperazine rings is 1. The van der Waals surface area contributed by atoms with Crippen LogP contribution in [0.2, 0.25) is 0 Å². The molecule has 5 heterocycles. The minimum atomic E-state index is -0.847. The second-order valence-corrected chi connectivity index (χ2v) is 13.9. The van der Waals surface area contributed by atoms with Crippen LogP contribution < -0.4 is 15.0 Å². The Hall–Kier alpha value is -4.79. The third-order valence-corrected chi connectivity index (χ3v) is 10.6. The second-order valence-electron chi connectivity index (χ2n) is 13.9. The van der Waals surface area contributed by atoms with Crippen LogP contribution in [0.1, 0.15) is 37.1 Å². The van der Waals surface area contributed by atoms with E-state index in [0.29, 0.717) is 41.9 Å². The van der Waals surface area contributed by atoms with E-state index in [9.17, 15) is 5.11 Å². The zero-order valence-electron chi connectivity index (χ0n) is 26.4. The van der Waals surface area contributed by atoms with Crippen molar-refractivity contribution in [2.24, 2.45) is 5.41 Å². The topological polar surface area (TPSA) is 91.6 Å². The molecule has 1 aliphatic carbocycles. The van der Waals surface area contributed by atoms with Gasteiger partial charge in [-0.25, -0.2) is 13.8 Å². The van der Waals surface area contributed by atoms with Crippen LogP contribution in [0.15, 0.2) is 48.8 Å². The van der Waals surface area contributed by atoms with Gasteiger partial charge in [0.1, 0.15) is 28.7 Å². The molecule has 2 unspecified atom stereocenters. The molecule has 3 aromatic carbocycles. The number of phenolic OH excluding ortho intramolecular Hbond substituents is 1. The first kappa shape index (κ1) is 29.4. The number of terminal acetylenes is 1. The van der Waals surface area contributed by atoms with E-state index >= 15 is 8.78 Å². The van der Waals surface area contributed by atoms with E-state index in [0.717, 1.165) is 57.7 Å². The molecule has 5 aromatic rings. The van der Waals surface area contributed by atoms with E-state index in [-0.39, 0.29) is 51.3 Å². The fourth-order valence-electron chi connectivity index (χ4n) is 7.99. The Bertz CT molecular complexity index is 2130. The molecular weight excluding hydrogens is 612 g/mol. The maximum absolute atomic E-state index is 16.9. The van der Waals surface area contributed by atoms with Gasteiger partial charge in [-0.3, -0.25) is 4.90 Å². The molecule has 0 spiro atoms. The summed E-state index contributed by atoms with van der Waals surface area (Å²) in [6.45, 7) is 5.25. The summed E-state index contributed by atoms with van der Waals surface area (Å²) in [5.74, 6) is 2.41. The summed E-state index contributed by atoms with van der Waals surface area (Å²) in [4.78, 5) is 18.5. The molecule has 0 radical (unpaired) electrons. The third-order valence-electron chi connectivity index (χ3n) is 10.6. The standard InChI is InChI=1S/C37H35F2N7O2/c1-2-22-4-3-5-23-14-26(47)15-27(31(22)23)32-29(38)16-28-34(33(32)39)42-36(43-35(28)46-17-24-6-7-25(18-46)41-24)48-21-37(8-9-37)20-44-12-13-45-11-10-40-30(45)19-44/h1,3-5,10-11,14-16,24-25,41,47H,6-9,12-13,17-21H2. The molecule has 11 heteroatoms.